The van der Waals surface area contributed by atoms with E-state index in [1.165, 1.54) is 31.8 Å². The zero-order chi connectivity index (χ0) is 26.7. The van der Waals surface area contributed by atoms with E-state index in [0.717, 1.165) is 36.5 Å². The van der Waals surface area contributed by atoms with Crippen molar-refractivity contribution in [2.75, 3.05) is 6.54 Å². The Morgan fingerprint density at radius 2 is 1.81 bits per heavy atom. The van der Waals surface area contributed by atoms with Gasteiger partial charge in [0, 0.05) is 11.9 Å². The standard InChI is InChI=1S/C31H39F3N2O/c1-5-24(12-13-28(31(32,33)34)26-15-21(26)4)35-18-29(37)30-27(14-19(2)17-36-30)25-16-23(22-9-7-10-22)11-6-8-20(25)3/h5,12-14,17,20-21,25,35H,6-11,15-16,18H2,1-4H3/b13-12-,24-5+,28-26+/t20?,21-,25?/m0/s1. The summed E-state index contributed by atoms with van der Waals surface area (Å²) < 4.78 is 40.4. The Morgan fingerprint density at radius 1 is 1.11 bits per heavy atom. The number of halogens is 3. The van der Waals surface area contributed by atoms with Crippen LogP contribution in [0.1, 0.15) is 99.7 Å². The molecule has 0 spiro atoms. The minimum Gasteiger partial charge on any atom is -0.378 e. The summed E-state index contributed by atoms with van der Waals surface area (Å²) in [6.45, 7) is 7.82. The molecule has 0 aromatic carbocycles. The van der Waals surface area contributed by atoms with Gasteiger partial charge in [-0.05, 0) is 106 Å². The number of ketones is 1. The molecule has 3 aliphatic carbocycles. The van der Waals surface area contributed by atoms with Crippen molar-refractivity contribution in [2.45, 2.75) is 91.2 Å². The van der Waals surface area contributed by atoms with Crippen molar-refractivity contribution in [2.24, 2.45) is 11.8 Å². The van der Waals surface area contributed by atoms with E-state index in [9.17, 15) is 18.0 Å². The molecule has 2 unspecified atom stereocenters. The second kappa shape index (κ2) is 11.4. The molecule has 3 atom stereocenters. The Kier molecular flexibility index (Phi) is 8.45. The fraction of sp³-hybridized carbons (Fsp3) is 0.548. The largest absolute Gasteiger partial charge is 0.416 e. The van der Waals surface area contributed by atoms with E-state index >= 15 is 0 Å². The molecule has 0 bridgehead atoms. The van der Waals surface area contributed by atoms with Crippen molar-refractivity contribution in [1.29, 1.82) is 0 Å². The van der Waals surface area contributed by atoms with Gasteiger partial charge >= 0.3 is 6.18 Å². The molecule has 1 heterocycles. The first-order chi connectivity index (χ1) is 17.6. The SMILES string of the molecule is C\C=C(/C=C\C(=C1\C[C@@H]1C)C(F)(F)F)NCC(=O)c1ncc(C)cc1C1CC(=C2CCC2)CCCC1C. The molecule has 3 fully saturated rings. The number of aryl methyl sites for hydroxylation is 1. The number of carbonyl (C=O) groups is 1. The van der Waals surface area contributed by atoms with Gasteiger partial charge in [-0.25, -0.2) is 0 Å². The quantitative estimate of drug-likeness (QED) is 0.173. The van der Waals surface area contributed by atoms with Gasteiger partial charge in [-0.1, -0.05) is 42.7 Å². The summed E-state index contributed by atoms with van der Waals surface area (Å²) in [6, 6.07) is 2.12. The third-order valence-corrected chi connectivity index (χ3v) is 8.27. The maximum atomic E-state index is 13.5. The van der Waals surface area contributed by atoms with Crippen LogP contribution in [0.4, 0.5) is 13.2 Å². The van der Waals surface area contributed by atoms with E-state index in [0.29, 0.717) is 29.3 Å². The molecule has 37 heavy (non-hydrogen) atoms. The minimum absolute atomic E-state index is 0.0174. The number of aromatic nitrogens is 1. The Morgan fingerprint density at radius 3 is 2.41 bits per heavy atom. The van der Waals surface area contributed by atoms with Crippen molar-refractivity contribution in [3.05, 3.63) is 75.3 Å². The molecule has 1 aromatic rings. The average Bonchev–Trinajstić information content (AvgIpc) is 3.55. The van der Waals surface area contributed by atoms with Gasteiger partial charge in [-0.2, -0.15) is 13.2 Å². The average molecular weight is 513 g/mol. The molecule has 4 rings (SSSR count). The zero-order valence-corrected chi connectivity index (χ0v) is 22.5. The van der Waals surface area contributed by atoms with Gasteiger partial charge in [0.2, 0.25) is 0 Å². The van der Waals surface area contributed by atoms with Gasteiger partial charge in [0.15, 0.2) is 5.78 Å². The van der Waals surface area contributed by atoms with Gasteiger partial charge in [0.1, 0.15) is 5.69 Å². The van der Waals surface area contributed by atoms with E-state index in [2.05, 4.69) is 23.3 Å². The number of nitrogens with zero attached hydrogens (tertiary/aromatic N) is 1. The van der Waals surface area contributed by atoms with Crippen molar-refractivity contribution in [1.82, 2.24) is 10.3 Å². The lowest BCUT2D eigenvalue weighted by atomic mass is 9.78. The molecule has 1 aromatic heterocycles. The number of Topliss-reactive ketones (excluding diaryl/α,β-unsaturated/α-hetero) is 1. The van der Waals surface area contributed by atoms with E-state index in [-0.39, 0.29) is 24.2 Å². The fourth-order valence-corrected chi connectivity index (χ4v) is 5.69. The lowest BCUT2D eigenvalue weighted by Crippen LogP contribution is -2.25. The summed E-state index contributed by atoms with van der Waals surface area (Å²) in [5.41, 5.74) is 6.09. The van der Waals surface area contributed by atoms with Crippen LogP contribution < -0.4 is 5.32 Å². The maximum Gasteiger partial charge on any atom is 0.416 e. The molecule has 3 aliphatic rings. The first kappa shape index (κ1) is 27.4. The van der Waals surface area contributed by atoms with Crippen molar-refractivity contribution in [3.8, 4) is 0 Å². The predicted molar refractivity (Wildman–Crippen MR) is 142 cm³/mol. The fourth-order valence-electron chi connectivity index (χ4n) is 5.69. The van der Waals surface area contributed by atoms with E-state index in [4.69, 9.17) is 0 Å². The number of carbonyl (C=O) groups excluding carboxylic acids is 1. The second-order valence-electron chi connectivity index (χ2n) is 11.1. The summed E-state index contributed by atoms with van der Waals surface area (Å²) in [4.78, 5) is 18.0. The molecular weight excluding hydrogens is 473 g/mol. The molecule has 0 amide bonds. The van der Waals surface area contributed by atoms with Crippen LogP contribution in [-0.4, -0.2) is 23.5 Å². The number of hydrogen-bond donors (Lipinski definition) is 1. The molecule has 200 valence electrons. The van der Waals surface area contributed by atoms with Crippen LogP contribution in [0.3, 0.4) is 0 Å². The first-order valence-electron chi connectivity index (χ1n) is 13.7. The summed E-state index contributed by atoms with van der Waals surface area (Å²) in [7, 11) is 0. The molecule has 0 saturated heterocycles. The topological polar surface area (TPSA) is 42.0 Å². The number of rotatable bonds is 7. The van der Waals surface area contributed by atoms with Crippen LogP contribution in [0.5, 0.6) is 0 Å². The van der Waals surface area contributed by atoms with Crippen molar-refractivity contribution < 1.29 is 18.0 Å². The van der Waals surface area contributed by atoms with Crippen molar-refractivity contribution in [3.63, 3.8) is 0 Å². The summed E-state index contributed by atoms with van der Waals surface area (Å²) in [6.07, 6.45) is 10.2. The van der Waals surface area contributed by atoms with Gasteiger partial charge in [-0.15, -0.1) is 0 Å². The predicted octanol–water partition coefficient (Wildman–Crippen LogP) is 8.30. The van der Waals surface area contributed by atoms with Gasteiger partial charge < -0.3 is 5.32 Å². The third kappa shape index (κ3) is 6.63. The Hall–Kier alpha value is -2.63. The normalized spacial score (nSPS) is 26.1. The minimum atomic E-state index is -4.38. The van der Waals surface area contributed by atoms with E-state index < -0.39 is 11.7 Å². The highest BCUT2D eigenvalue weighted by Crippen LogP contribution is 2.46. The van der Waals surface area contributed by atoms with Gasteiger partial charge in [0.25, 0.3) is 0 Å². The summed E-state index contributed by atoms with van der Waals surface area (Å²) in [5.74, 6) is 0.540. The smallest absolute Gasteiger partial charge is 0.378 e. The van der Waals surface area contributed by atoms with Crippen LogP contribution in [0.25, 0.3) is 0 Å². The lowest BCUT2D eigenvalue weighted by molar-refractivity contribution is -0.0886. The highest BCUT2D eigenvalue weighted by molar-refractivity contribution is 5.97. The highest BCUT2D eigenvalue weighted by Gasteiger charge is 2.40. The van der Waals surface area contributed by atoms with Gasteiger partial charge in [0.05, 0.1) is 12.1 Å². The second-order valence-corrected chi connectivity index (χ2v) is 11.1. The maximum absolute atomic E-state index is 13.5. The molecular formula is C31H39F3N2O. The van der Waals surface area contributed by atoms with Crippen LogP contribution in [0.15, 0.2) is 58.5 Å². The molecule has 0 radical (unpaired) electrons. The number of pyridine rings is 1. The number of allylic oxidation sites excluding steroid dienone is 7. The first-order valence-corrected chi connectivity index (χ1v) is 13.7. The zero-order valence-electron chi connectivity index (χ0n) is 22.5. The van der Waals surface area contributed by atoms with Crippen LogP contribution >= 0.6 is 0 Å². The van der Waals surface area contributed by atoms with E-state index in [1.807, 2.05) is 6.92 Å². The molecule has 0 aliphatic heterocycles. The number of nitrogens with one attached hydrogen (secondary N) is 1. The molecule has 3 saturated carbocycles. The Bertz CT molecular complexity index is 1150. The Labute approximate surface area is 219 Å². The van der Waals surface area contributed by atoms with Crippen LogP contribution in [0, 0.1) is 18.8 Å². The Balaban J connectivity index is 1.51. The monoisotopic (exact) mass is 512 g/mol. The van der Waals surface area contributed by atoms with Crippen molar-refractivity contribution >= 4 is 5.78 Å². The summed E-state index contributed by atoms with van der Waals surface area (Å²) >= 11 is 0. The van der Waals surface area contributed by atoms with Gasteiger partial charge in [-0.3, -0.25) is 9.78 Å². The molecule has 3 nitrogen and oxygen atoms in total. The molecule has 6 heteroatoms. The number of hydrogen-bond acceptors (Lipinski definition) is 3. The van der Waals surface area contributed by atoms with E-state index in [1.54, 1.807) is 37.3 Å². The highest BCUT2D eigenvalue weighted by atomic mass is 19.4. The lowest BCUT2D eigenvalue weighted by Gasteiger charge is -2.27. The van der Waals surface area contributed by atoms with Crippen LogP contribution in [0.2, 0.25) is 0 Å². The molecule has 1 N–H and O–H groups in total. The number of alkyl halides is 3. The summed E-state index contributed by atoms with van der Waals surface area (Å²) in [5, 5.41) is 3.04. The van der Waals surface area contributed by atoms with Crippen LogP contribution in [-0.2, 0) is 0 Å². The third-order valence-electron chi connectivity index (χ3n) is 8.27.